The van der Waals surface area contributed by atoms with Crippen molar-refractivity contribution < 1.29 is 14.3 Å². The van der Waals surface area contributed by atoms with Gasteiger partial charge in [-0.1, -0.05) is 0 Å². The lowest BCUT2D eigenvalue weighted by Gasteiger charge is -2.14. The Morgan fingerprint density at radius 1 is 1.61 bits per heavy atom. The number of hydrogen-bond acceptors (Lipinski definition) is 6. The fourth-order valence-electron chi connectivity index (χ4n) is 1.32. The first-order valence-electron chi connectivity index (χ1n) is 5.78. The largest absolute Gasteiger partial charge is 0.462 e. The molecule has 18 heavy (non-hydrogen) atoms. The maximum absolute atomic E-state index is 11.6. The first-order valence-corrected chi connectivity index (χ1v) is 5.78. The van der Waals surface area contributed by atoms with Crippen LogP contribution in [-0.2, 0) is 9.47 Å². The molecule has 0 aliphatic heterocycles. The third-order valence-electron chi connectivity index (χ3n) is 2.44. The van der Waals surface area contributed by atoms with Crippen LogP contribution in [0.15, 0.2) is 12.3 Å². The fraction of sp³-hybridized carbons (Fsp3) is 0.500. The van der Waals surface area contributed by atoms with Gasteiger partial charge in [-0.3, -0.25) is 0 Å². The van der Waals surface area contributed by atoms with Crippen molar-refractivity contribution in [3.8, 4) is 0 Å². The van der Waals surface area contributed by atoms with Gasteiger partial charge in [-0.2, -0.15) is 0 Å². The van der Waals surface area contributed by atoms with Gasteiger partial charge < -0.3 is 20.5 Å². The zero-order chi connectivity index (χ0) is 13.5. The van der Waals surface area contributed by atoms with Gasteiger partial charge in [0.05, 0.1) is 24.0 Å². The zero-order valence-corrected chi connectivity index (χ0v) is 10.9. The molecule has 0 radical (unpaired) electrons. The van der Waals surface area contributed by atoms with Crippen LogP contribution in [0.1, 0.15) is 24.2 Å². The van der Waals surface area contributed by atoms with E-state index in [0.29, 0.717) is 30.2 Å². The third kappa shape index (κ3) is 3.59. The predicted molar refractivity (Wildman–Crippen MR) is 69.6 cm³/mol. The molecule has 100 valence electrons. The minimum absolute atomic E-state index is 0.0254. The molecule has 0 amide bonds. The molecule has 0 fully saturated rings. The van der Waals surface area contributed by atoms with Gasteiger partial charge in [0.25, 0.3) is 0 Å². The number of nitrogens with zero attached hydrogens (tertiary/aromatic N) is 1. The summed E-state index contributed by atoms with van der Waals surface area (Å²) in [4.78, 5) is 15.7. The molecular formula is C12H19N3O3. The number of carbonyl (C=O) groups excluding carboxylic acids is 1. The van der Waals surface area contributed by atoms with Crippen LogP contribution in [0.2, 0.25) is 0 Å². The average Bonchev–Trinajstić information content (AvgIpc) is 2.37. The minimum Gasteiger partial charge on any atom is -0.462 e. The van der Waals surface area contributed by atoms with E-state index < -0.39 is 5.97 Å². The number of methoxy groups -OCH3 is 1. The number of esters is 1. The average molecular weight is 253 g/mol. The van der Waals surface area contributed by atoms with Crippen molar-refractivity contribution in [1.29, 1.82) is 0 Å². The number of ether oxygens (including phenoxy) is 2. The summed E-state index contributed by atoms with van der Waals surface area (Å²) in [6.07, 6.45) is 1.54. The highest BCUT2D eigenvalue weighted by Crippen LogP contribution is 2.20. The normalized spacial score (nSPS) is 11.9. The molecule has 0 spiro atoms. The van der Waals surface area contributed by atoms with Crippen molar-refractivity contribution in [2.24, 2.45) is 0 Å². The third-order valence-corrected chi connectivity index (χ3v) is 2.44. The highest BCUT2D eigenvalue weighted by molar-refractivity contribution is 5.97. The second-order valence-corrected chi connectivity index (χ2v) is 3.77. The summed E-state index contributed by atoms with van der Waals surface area (Å²) >= 11 is 0. The molecule has 1 atom stereocenters. The highest BCUT2D eigenvalue weighted by atomic mass is 16.5. The predicted octanol–water partition coefficient (Wildman–Crippen LogP) is 1.29. The molecule has 1 heterocycles. The molecule has 0 saturated heterocycles. The first kappa shape index (κ1) is 14.2. The molecule has 1 aromatic rings. The van der Waals surface area contributed by atoms with E-state index in [1.165, 1.54) is 12.3 Å². The number of nitrogens with two attached hydrogens (primary N) is 1. The Bertz CT molecular complexity index is 410. The van der Waals surface area contributed by atoms with Crippen molar-refractivity contribution in [2.75, 3.05) is 31.3 Å². The fourth-order valence-corrected chi connectivity index (χ4v) is 1.32. The van der Waals surface area contributed by atoms with Crippen LogP contribution in [0.25, 0.3) is 0 Å². The Hall–Kier alpha value is -1.82. The van der Waals surface area contributed by atoms with E-state index >= 15 is 0 Å². The molecule has 1 unspecified atom stereocenters. The van der Waals surface area contributed by atoms with Crippen LogP contribution in [0.4, 0.5) is 11.5 Å². The Balaban J connectivity index is 2.81. The molecule has 0 aliphatic rings. The summed E-state index contributed by atoms with van der Waals surface area (Å²) < 4.78 is 10.0. The van der Waals surface area contributed by atoms with Gasteiger partial charge in [0.2, 0.25) is 0 Å². The van der Waals surface area contributed by atoms with Gasteiger partial charge in [0.15, 0.2) is 0 Å². The summed E-state index contributed by atoms with van der Waals surface area (Å²) in [6.45, 7) is 4.52. The van der Waals surface area contributed by atoms with E-state index in [0.717, 1.165) is 0 Å². The maximum Gasteiger partial charge on any atom is 0.340 e. The first-order chi connectivity index (χ1) is 8.60. The summed E-state index contributed by atoms with van der Waals surface area (Å²) in [5, 5.41) is 3.03. The quantitative estimate of drug-likeness (QED) is 0.743. The topological polar surface area (TPSA) is 86.5 Å². The van der Waals surface area contributed by atoms with Gasteiger partial charge in [0.1, 0.15) is 5.82 Å². The van der Waals surface area contributed by atoms with Crippen molar-refractivity contribution >= 4 is 17.5 Å². The van der Waals surface area contributed by atoms with Crippen molar-refractivity contribution in [3.63, 3.8) is 0 Å². The number of nitrogen functional groups attached to an aromatic ring is 1. The highest BCUT2D eigenvalue weighted by Gasteiger charge is 2.14. The lowest BCUT2D eigenvalue weighted by Crippen LogP contribution is -2.20. The number of aromatic nitrogens is 1. The monoisotopic (exact) mass is 253 g/mol. The number of anilines is 2. The van der Waals surface area contributed by atoms with Crippen LogP contribution >= 0.6 is 0 Å². The molecular weight excluding hydrogens is 234 g/mol. The van der Waals surface area contributed by atoms with Crippen LogP contribution in [0.5, 0.6) is 0 Å². The zero-order valence-electron chi connectivity index (χ0n) is 10.9. The smallest absolute Gasteiger partial charge is 0.340 e. The maximum atomic E-state index is 11.6. The molecule has 6 heteroatoms. The molecule has 0 bridgehead atoms. The minimum atomic E-state index is -0.444. The molecule has 3 N–H and O–H groups in total. The summed E-state index contributed by atoms with van der Waals surface area (Å²) in [6, 6.07) is 1.54. The summed E-state index contributed by atoms with van der Waals surface area (Å²) in [7, 11) is 1.62. The van der Waals surface area contributed by atoms with E-state index in [9.17, 15) is 4.79 Å². The summed E-state index contributed by atoms with van der Waals surface area (Å²) in [5.41, 5.74) is 6.49. The second kappa shape index (κ2) is 6.80. The number of nitrogens with one attached hydrogen (secondary N) is 1. The van der Waals surface area contributed by atoms with E-state index in [2.05, 4.69) is 10.3 Å². The van der Waals surface area contributed by atoms with Gasteiger partial charge in [-0.15, -0.1) is 0 Å². The molecule has 0 aliphatic carbocycles. The Kier molecular flexibility index (Phi) is 5.38. The van der Waals surface area contributed by atoms with Gasteiger partial charge in [-0.05, 0) is 19.9 Å². The summed E-state index contributed by atoms with van der Waals surface area (Å²) in [5.74, 6) is 0.0182. The number of carbonyl (C=O) groups is 1. The van der Waals surface area contributed by atoms with Crippen LogP contribution in [-0.4, -0.2) is 37.3 Å². The van der Waals surface area contributed by atoms with E-state index in [1.54, 1.807) is 14.0 Å². The van der Waals surface area contributed by atoms with Crippen molar-refractivity contribution in [1.82, 2.24) is 4.98 Å². The molecule has 1 rings (SSSR count). The van der Waals surface area contributed by atoms with Gasteiger partial charge in [-0.25, -0.2) is 9.78 Å². The molecule has 1 aromatic heterocycles. The Morgan fingerprint density at radius 2 is 2.33 bits per heavy atom. The van der Waals surface area contributed by atoms with Crippen LogP contribution in [0.3, 0.4) is 0 Å². The van der Waals surface area contributed by atoms with E-state index in [4.69, 9.17) is 15.2 Å². The SMILES string of the molecule is CCOC(=O)c1ccnc(NCC(C)OC)c1N. The lowest BCUT2D eigenvalue weighted by molar-refractivity contribution is 0.0527. The second-order valence-electron chi connectivity index (χ2n) is 3.77. The van der Waals surface area contributed by atoms with Crippen LogP contribution in [0, 0.1) is 0 Å². The van der Waals surface area contributed by atoms with Crippen molar-refractivity contribution in [3.05, 3.63) is 17.8 Å². The molecule has 0 saturated carbocycles. The van der Waals surface area contributed by atoms with E-state index in [-0.39, 0.29) is 6.10 Å². The molecule has 6 nitrogen and oxygen atoms in total. The number of hydrogen-bond donors (Lipinski definition) is 2. The Labute approximate surface area is 106 Å². The number of rotatable bonds is 6. The Morgan fingerprint density at radius 3 is 2.94 bits per heavy atom. The van der Waals surface area contributed by atoms with Gasteiger partial charge in [0, 0.05) is 19.9 Å². The van der Waals surface area contributed by atoms with Crippen molar-refractivity contribution in [2.45, 2.75) is 20.0 Å². The molecule has 0 aromatic carbocycles. The number of pyridine rings is 1. The lowest BCUT2D eigenvalue weighted by atomic mass is 10.2. The van der Waals surface area contributed by atoms with Gasteiger partial charge >= 0.3 is 5.97 Å². The standard InChI is InChI=1S/C12H19N3O3/c1-4-18-12(16)9-5-6-14-11(10(9)13)15-7-8(2)17-3/h5-6,8H,4,7,13H2,1-3H3,(H,14,15). The van der Waals surface area contributed by atoms with E-state index in [1.807, 2.05) is 6.92 Å². The van der Waals surface area contributed by atoms with Crippen LogP contribution < -0.4 is 11.1 Å².